The van der Waals surface area contributed by atoms with Crippen molar-refractivity contribution in [2.75, 3.05) is 31.2 Å². The van der Waals surface area contributed by atoms with Crippen molar-refractivity contribution in [3.8, 4) is 17.0 Å². The van der Waals surface area contributed by atoms with Crippen LogP contribution in [0.3, 0.4) is 0 Å². The second-order valence-electron chi connectivity index (χ2n) is 6.31. The Morgan fingerprint density at radius 3 is 2.63 bits per heavy atom. The van der Waals surface area contributed by atoms with E-state index in [0.717, 1.165) is 46.8 Å². The molecule has 0 unspecified atom stereocenters. The van der Waals surface area contributed by atoms with Crippen LogP contribution in [0.15, 0.2) is 54.6 Å². The van der Waals surface area contributed by atoms with E-state index in [0.29, 0.717) is 10.8 Å². The highest BCUT2D eigenvalue weighted by atomic mass is 35.5. The van der Waals surface area contributed by atoms with Crippen LogP contribution < -0.4 is 4.74 Å². The summed E-state index contributed by atoms with van der Waals surface area (Å²) < 4.78 is 5.96. The average molecular weight is 399 g/mol. The molecule has 0 saturated carbocycles. The lowest BCUT2D eigenvalue weighted by atomic mass is 10.1. The number of carbonyl (C=O) groups is 1. The summed E-state index contributed by atoms with van der Waals surface area (Å²) >= 11 is 7.88. The second-order valence-corrected chi connectivity index (χ2v) is 7.97. The van der Waals surface area contributed by atoms with Gasteiger partial charge in [0.2, 0.25) is 0 Å². The molecule has 4 rings (SSSR count). The molecule has 0 radical (unpaired) electrons. The fourth-order valence-electron chi connectivity index (χ4n) is 3.07. The molecule has 3 aromatic rings. The van der Waals surface area contributed by atoms with Crippen molar-refractivity contribution in [1.29, 1.82) is 0 Å². The number of carbonyl (C=O) groups excluding carboxylic acids is 1. The minimum Gasteiger partial charge on any atom is -0.483 e. The molecule has 1 amide bonds. The standard InChI is InChI=1S/C21H19ClN2O2S/c22-16-7-5-15(6-8-16)19-13-20(17-3-1-2-4-18(17)23-19)26-14-21(25)24-9-11-27-12-10-24/h1-8,13H,9-12,14H2. The van der Waals surface area contributed by atoms with E-state index in [1.807, 2.05) is 71.3 Å². The van der Waals surface area contributed by atoms with Gasteiger partial charge in [-0.1, -0.05) is 35.9 Å². The summed E-state index contributed by atoms with van der Waals surface area (Å²) in [5.41, 5.74) is 2.58. The lowest BCUT2D eigenvalue weighted by Gasteiger charge is -2.26. The van der Waals surface area contributed by atoms with Gasteiger partial charge in [-0.25, -0.2) is 4.98 Å². The Balaban J connectivity index is 1.62. The van der Waals surface area contributed by atoms with Crippen molar-refractivity contribution in [2.45, 2.75) is 0 Å². The highest BCUT2D eigenvalue weighted by molar-refractivity contribution is 7.99. The topological polar surface area (TPSA) is 42.4 Å². The van der Waals surface area contributed by atoms with E-state index < -0.39 is 0 Å². The van der Waals surface area contributed by atoms with Crippen LogP contribution in [0.1, 0.15) is 0 Å². The number of hydrogen-bond acceptors (Lipinski definition) is 4. The van der Waals surface area contributed by atoms with Crippen LogP contribution in [-0.4, -0.2) is 47.0 Å². The van der Waals surface area contributed by atoms with Crippen molar-refractivity contribution in [2.24, 2.45) is 0 Å². The van der Waals surface area contributed by atoms with E-state index in [4.69, 9.17) is 21.3 Å². The molecule has 1 aliphatic rings. The maximum Gasteiger partial charge on any atom is 0.260 e. The molecule has 2 heterocycles. The molecule has 0 spiro atoms. The number of halogens is 1. The molecular formula is C21H19ClN2O2S. The SMILES string of the molecule is O=C(COc1cc(-c2ccc(Cl)cc2)nc2ccccc12)N1CCSCC1. The molecule has 2 aromatic carbocycles. The molecule has 0 N–H and O–H groups in total. The first-order valence-electron chi connectivity index (χ1n) is 8.85. The number of ether oxygens (including phenoxy) is 1. The molecule has 1 aliphatic heterocycles. The molecule has 27 heavy (non-hydrogen) atoms. The first-order chi connectivity index (χ1) is 13.2. The highest BCUT2D eigenvalue weighted by Crippen LogP contribution is 2.30. The van der Waals surface area contributed by atoms with Crippen LogP contribution in [-0.2, 0) is 4.79 Å². The minimum atomic E-state index is 0.0317. The number of amides is 1. The molecule has 1 fully saturated rings. The maximum atomic E-state index is 12.5. The molecule has 6 heteroatoms. The van der Waals surface area contributed by atoms with Gasteiger partial charge in [0.05, 0.1) is 11.2 Å². The summed E-state index contributed by atoms with van der Waals surface area (Å²) in [6.45, 7) is 1.62. The Morgan fingerprint density at radius 1 is 1.11 bits per heavy atom. The number of benzene rings is 2. The number of nitrogens with zero attached hydrogens (tertiary/aromatic N) is 2. The third kappa shape index (κ3) is 4.20. The van der Waals surface area contributed by atoms with Gasteiger partial charge in [0.15, 0.2) is 6.61 Å². The highest BCUT2D eigenvalue weighted by Gasteiger charge is 2.18. The van der Waals surface area contributed by atoms with Gasteiger partial charge in [-0.3, -0.25) is 4.79 Å². The van der Waals surface area contributed by atoms with E-state index in [2.05, 4.69) is 0 Å². The van der Waals surface area contributed by atoms with Crippen LogP contribution in [0.4, 0.5) is 0 Å². The number of para-hydroxylation sites is 1. The quantitative estimate of drug-likeness (QED) is 0.648. The number of rotatable bonds is 4. The predicted molar refractivity (Wildman–Crippen MR) is 112 cm³/mol. The van der Waals surface area contributed by atoms with E-state index in [-0.39, 0.29) is 12.5 Å². The summed E-state index contributed by atoms with van der Waals surface area (Å²) in [6.07, 6.45) is 0. The summed E-state index contributed by atoms with van der Waals surface area (Å²) in [7, 11) is 0. The molecule has 0 atom stereocenters. The van der Waals surface area contributed by atoms with Gasteiger partial charge >= 0.3 is 0 Å². The van der Waals surface area contributed by atoms with E-state index in [1.54, 1.807) is 0 Å². The summed E-state index contributed by atoms with van der Waals surface area (Å²) in [6, 6.07) is 17.2. The zero-order valence-electron chi connectivity index (χ0n) is 14.7. The number of pyridine rings is 1. The molecule has 0 bridgehead atoms. The van der Waals surface area contributed by atoms with Gasteiger partial charge in [-0.15, -0.1) is 0 Å². The number of aromatic nitrogens is 1. The van der Waals surface area contributed by atoms with Crippen molar-refractivity contribution in [1.82, 2.24) is 9.88 Å². The Bertz CT molecular complexity index is 956. The van der Waals surface area contributed by atoms with Gasteiger partial charge in [0.1, 0.15) is 5.75 Å². The number of fused-ring (bicyclic) bond motifs is 1. The molecule has 4 nitrogen and oxygen atoms in total. The molecule has 1 aromatic heterocycles. The van der Waals surface area contributed by atoms with Crippen molar-refractivity contribution < 1.29 is 9.53 Å². The number of thioether (sulfide) groups is 1. The van der Waals surface area contributed by atoms with Crippen LogP contribution in [0.5, 0.6) is 5.75 Å². The first kappa shape index (κ1) is 18.1. The Morgan fingerprint density at radius 2 is 1.85 bits per heavy atom. The Labute approximate surface area is 167 Å². The van der Waals surface area contributed by atoms with Crippen LogP contribution in [0.2, 0.25) is 5.02 Å². The molecule has 0 aliphatic carbocycles. The largest absolute Gasteiger partial charge is 0.483 e. The first-order valence-corrected chi connectivity index (χ1v) is 10.4. The molecular weight excluding hydrogens is 380 g/mol. The van der Waals surface area contributed by atoms with E-state index in [1.165, 1.54) is 0 Å². The van der Waals surface area contributed by atoms with Gasteiger partial charge in [-0.2, -0.15) is 11.8 Å². The third-order valence-electron chi connectivity index (χ3n) is 4.53. The van der Waals surface area contributed by atoms with E-state index in [9.17, 15) is 4.79 Å². The summed E-state index contributed by atoms with van der Waals surface area (Å²) in [5, 5.41) is 1.58. The number of hydrogen-bond donors (Lipinski definition) is 0. The fraction of sp³-hybridized carbons (Fsp3) is 0.238. The van der Waals surface area contributed by atoms with E-state index >= 15 is 0 Å². The summed E-state index contributed by atoms with van der Waals surface area (Å²) in [5.74, 6) is 2.68. The van der Waals surface area contributed by atoms with Gasteiger partial charge in [0.25, 0.3) is 5.91 Å². The predicted octanol–water partition coefficient (Wildman–Crippen LogP) is 4.51. The Hall–Kier alpha value is -2.24. The van der Waals surface area contributed by atoms with Gasteiger partial charge in [0, 0.05) is 46.6 Å². The smallest absolute Gasteiger partial charge is 0.260 e. The average Bonchev–Trinajstić information content (AvgIpc) is 2.72. The van der Waals surface area contributed by atoms with Gasteiger partial charge < -0.3 is 9.64 Å². The molecule has 138 valence electrons. The zero-order valence-corrected chi connectivity index (χ0v) is 16.3. The minimum absolute atomic E-state index is 0.0317. The van der Waals surface area contributed by atoms with Crippen molar-refractivity contribution >= 4 is 40.2 Å². The van der Waals surface area contributed by atoms with Crippen molar-refractivity contribution in [3.05, 3.63) is 59.6 Å². The lowest BCUT2D eigenvalue weighted by Crippen LogP contribution is -2.40. The summed E-state index contributed by atoms with van der Waals surface area (Å²) in [4.78, 5) is 19.1. The monoisotopic (exact) mass is 398 g/mol. The zero-order chi connectivity index (χ0) is 18.6. The van der Waals surface area contributed by atoms with Crippen LogP contribution >= 0.6 is 23.4 Å². The van der Waals surface area contributed by atoms with Crippen LogP contribution in [0.25, 0.3) is 22.2 Å². The Kier molecular flexibility index (Phi) is 5.50. The third-order valence-corrected chi connectivity index (χ3v) is 5.73. The second kappa shape index (κ2) is 8.19. The van der Waals surface area contributed by atoms with Crippen molar-refractivity contribution in [3.63, 3.8) is 0 Å². The fourth-order valence-corrected chi connectivity index (χ4v) is 4.10. The normalized spacial score (nSPS) is 14.3. The van der Waals surface area contributed by atoms with Crippen LogP contribution in [0, 0.1) is 0 Å². The van der Waals surface area contributed by atoms with Gasteiger partial charge in [-0.05, 0) is 24.3 Å². The molecule has 1 saturated heterocycles. The lowest BCUT2D eigenvalue weighted by molar-refractivity contribution is -0.132. The maximum absolute atomic E-state index is 12.5.